The Labute approximate surface area is 187 Å². The second-order valence-corrected chi connectivity index (χ2v) is 8.37. The number of rotatable bonds is 7. The average molecular weight is 427 g/mol. The van der Waals surface area contributed by atoms with E-state index >= 15 is 0 Å². The van der Waals surface area contributed by atoms with E-state index < -0.39 is 5.54 Å². The molecule has 0 spiro atoms. The fourth-order valence-electron chi connectivity index (χ4n) is 4.38. The van der Waals surface area contributed by atoms with Crippen LogP contribution in [0.1, 0.15) is 42.0 Å². The number of fused-ring (bicyclic) bond motifs is 1. The molecule has 32 heavy (non-hydrogen) atoms. The highest BCUT2D eigenvalue weighted by molar-refractivity contribution is 5.69. The molecule has 1 atom stereocenters. The molecule has 0 amide bonds. The first-order valence-corrected chi connectivity index (χ1v) is 10.9. The molecule has 1 heterocycles. The molecule has 0 saturated heterocycles. The minimum Gasteiger partial charge on any atom is -0.495 e. The summed E-state index contributed by atoms with van der Waals surface area (Å²) < 4.78 is 5.57. The van der Waals surface area contributed by atoms with Crippen LogP contribution in [0.15, 0.2) is 48.5 Å². The number of anilines is 4. The zero-order valence-electron chi connectivity index (χ0n) is 18.3. The topological polar surface area (TPSA) is 94.9 Å². The Morgan fingerprint density at radius 3 is 2.62 bits per heavy atom. The van der Waals surface area contributed by atoms with Gasteiger partial charge in [0.05, 0.1) is 24.6 Å². The fraction of sp³-hybridized carbons (Fsp3) is 0.320. The molecule has 3 N–H and O–H groups in total. The van der Waals surface area contributed by atoms with Crippen LogP contribution in [0.4, 0.5) is 23.1 Å². The monoisotopic (exact) mass is 426 g/mol. The van der Waals surface area contributed by atoms with Crippen molar-refractivity contribution in [1.29, 1.82) is 5.26 Å². The van der Waals surface area contributed by atoms with Crippen LogP contribution in [0.5, 0.6) is 5.75 Å². The maximum Gasteiger partial charge on any atom is 0.229 e. The molecule has 2 aromatic carbocycles. The smallest absolute Gasteiger partial charge is 0.229 e. The van der Waals surface area contributed by atoms with E-state index in [0.717, 1.165) is 48.6 Å². The summed E-state index contributed by atoms with van der Waals surface area (Å²) in [7, 11) is 3.53. The number of ether oxygens (including phenoxy) is 1. The minimum absolute atomic E-state index is 0.267. The van der Waals surface area contributed by atoms with Gasteiger partial charge in [0.1, 0.15) is 17.1 Å². The molecule has 2 aliphatic rings. The van der Waals surface area contributed by atoms with Crippen LogP contribution in [-0.4, -0.2) is 29.7 Å². The van der Waals surface area contributed by atoms with Crippen molar-refractivity contribution in [1.82, 2.24) is 9.97 Å². The number of hydrogen-bond donors (Lipinski definition) is 3. The Morgan fingerprint density at radius 2 is 1.94 bits per heavy atom. The van der Waals surface area contributed by atoms with E-state index in [4.69, 9.17) is 14.7 Å². The maximum absolute atomic E-state index is 9.37. The zero-order chi connectivity index (χ0) is 22.1. The number of benzene rings is 2. The Balaban J connectivity index is 1.44. The van der Waals surface area contributed by atoms with Gasteiger partial charge in [0.15, 0.2) is 0 Å². The van der Waals surface area contributed by atoms with Gasteiger partial charge in [-0.05, 0) is 43.4 Å². The molecule has 7 heteroatoms. The number of aromatic nitrogens is 2. The Hall–Kier alpha value is -3.79. The standard InChI is InChI=1S/C25H26N6O/c1-27-23-19-10-9-18(16-6-4-3-5-7-16)22(19)29-24(30-23)28-17-8-11-20(21(14-17)32-2)31-25(15-26)12-13-25/h3-8,11,14,18,31H,9-10,12-13H2,1-2H3,(H2,27,28,29,30). The van der Waals surface area contributed by atoms with E-state index in [1.165, 1.54) is 11.1 Å². The number of nitriles is 1. The van der Waals surface area contributed by atoms with Gasteiger partial charge in [-0.3, -0.25) is 0 Å². The van der Waals surface area contributed by atoms with Crippen LogP contribution in [0.2, 0.25) is 0 Å². The van der Waals surface area contributed by atoms with Crippen LogP contribution >= 0.6 is 0 Å². The molecule has 2 aliphatic carbocycles. The molecular formula is C25H26N6O. The summed E-state index contributed by atoms with van der Waals surface area (Å²) in [5.41, 5.74) is 4.72. The first kappa shape index (κ1) is 20.1. The lowest BCUT2D eigenvalue weighted by Crippen LogP contribution is -2.18. The van der Waals surface area contributed by atoms with Gasteiger partial charge in [0.2, 0.25) is 5.95 Å². The van der Waals surface area contributed by atoms with E-state index in [1.807, 2.05) is 31.3 Å². The number of hydrogen-bond acceptors (Lipinski definition) is 7. The molecule has 1 saturated carbocycles. The average Bonchev–Trinajstić information content (AvgIpc) is 3.48. The number of nitrogens with zero attached hydrogens (tertiary/aromatic N) is 3. The summed E-state index contributed by atoms with van der Waals surface area (Å²) in [6.07, 6.45) is 3.69. The highest BCUT2D eigenvalue weighted by atomic mass is 16.5. The normalized spacial score (nSPS) is 17.7. The van der Waals surface area contributed by atoms with E-state index in [-0.39, 0.29) is 5.92 Å². The van der Waals surface area contributed by atoms with Gasteiger partial charge in [-0.2, -0.15) is 10.2 Å². The third kappa shape index (κ3) is 3.69. The van der Waals surface area contributed by atoms with Gasteiger partial charge >= 0.3 is 0 Å². The SMILES string of the molecule is CNc1nc(Nc2ccc(NC3(C#N)CC3)c(OC)c2)nc2c1CCC2c1ccccc1. The van der Waals surface area contributed by atoms with Crippen LogP contribution < -0.4 is 20.7 Å². The fourth-order valence-corrected chi connectivity index (χ4v) is 4.38. The highest BCUT2D eigenvalue weighted by Gasteiger charge is 2.43. The lowest BCUT2D eigenvalue weighted by atomic mass is 9.97. The lowest BCUT2D eigenvalue weighted by molar-refractivity contribution is 0.416. The lowest BCUT2D eigenvalue weighted by Gasteiger charge is -2.17. The summed E-state index contributed by atoms with van der Waals surface area (Å²) in [4.78, 5) is 9.63. The molecule has 7 nitrogen and oxygen atoms in total. The molecule has 1 unspecified atom stereocenters. The largest absolute Gasteiger partial charge is 0.495 e. The van der Waals surface area contributed by atoms with E-state index in [2.05, 4.69) is 46.3 Å². The quantitative estimate of drug-likeness (QED) is 0.499. The van der Waals surface area contributed by atoms with Crippen molar-refractivity contribution in [3.8, 4) is 11.8 Å². The van der Waals surface area contributed by atoms with Crippen molar-refractivity contribution in [2.45, 2.75) is 37.1 Å². The van der Waals surface area contributed by atoms with Crippen molar-refractivity contribution >= 4 is 23.1 Å². The van der Waals surface area contributed by atoms with Crippen LogP contribution in [-0.2, 0) is 6.42 Å². The van der Waals surface area contributed by atoms with E-state index in [9.17, 15) is 5.26 Å². The first-order valence-electron chi connectivity index (χ1n) is 10.9. The van der Waals surface area contributed by atoms with Crippen molar-refractivity contribution in [3.63, 3.8) is 0 Å². The molecule has 162 valence electrons. The molecule has 5 rings (SSSR count). The van der Waals surface area contributed by atoms with E-state index in [1.54, 1.807) is 7.11 Å². The van der Waals surface area contributed by atoms with Crippen molar-refractivity contribution in [2.24, 2.45) is 0 Å². The molecule has 0 radical (unpaired) electrons. The molecule has 0 bridgehead atoms. The maximum atomic E-state index is 9.37. The Morgan fingerprint density at radius 1 is 1.12 bits per heavy atom. The summed E-state index contributed by atoms with van der Waals surface area (Å²) in [6.45, 7) is 0. The van der Waals surface area contributed by atoms with Gasteiger partial charge in [0, 0.05) is 30.3 Å². The highest BCUT2D eigenvalue weighted by Crippen LogP contribution is 2.42. The predicted molar refractivity (Wildman–Crippen MR) is 126 cm³/mol. The molecule has 3 aromatic rings. The number of nitrogens with one attached hydrogen (secondary N) is 3. The van der Waals surface area contributed by atoms with Gasteiger partial charge in [0.25, 0.3) is 0 Å². The van der Waals surface area contributed by atoms with Crippen LogP contribution in [0, 0.1) is 11.3 Å². The van der Waals surface area contributed by atoms with Gasteiger partial charge in [-0.15, -0.1) is 0 Å². The van der Waals surface area contributed by atoms with Crippen LogP contribution in [0.25, 0.3) is 0 Å². The molecule has 0 aliphatic heterocycles. The summed E-state index contributed by atoms with van der Waals surface area (Å²) >= 11 is 0. The summed E-state index contributed by atoms with van der Waals surface area (Å²) in [5.74, 6) is 2.36. The van der Waals surface area contributed by atoms with Crippen molar-refractivity contribution in [2.75, 3.05) is 30.1 Å². The predicted octanol–water partition coefficient (Wildman–Crippen LogP) is 4.82. The zero-order valence-corrected chi connectivity index (χ0v) is 18.3. The van der Waals surface area contributed by atoms with Crippen LogP contribution in [0.3, 0.4) is 0 Å². The third-order valence-corrected chi connectivity index (χ3v) is 6.29. The second-order valence-electron chi connectivity index (χ2n) is 8.37. The molecule has 1 fully saturated rings. The molecule has 1 aromatic heterocycles. The Bertz CT molecular complexity index is 1180. The van der Waals surface area contributed by atoms with Gasteiger partial charge < -0.3 is 20.7 Å². The van der Waals surface area contributed by atoms with E-state index in [0.29, 0.717) is 11.7 Å². The van der Waals surface area contributed by atoms with Gasteiger partial charge in [-0.1, -0.05) is 30.3 Å². The first-order chi connectivity index (χ1) is 15.6. The third-order valence-electron chi connectivity index (χ3n) is 6.29. The Kier molecular flexibility index (Phi) is 5.06. The minimum atomic E-state index is -0.459. The van der Waals surface area contributed by atoms with Crippen molar-refractivity contribution < 1.29 is 4.74 Å². The molecular weight excluding hydrogens is 400 g/mol. The van der Waals surface area contributed by atoms with Gasteiger partial charge in [-0.25, -0.2) is 4.98 Å². The van der Waals surface area contributed by atoms with Crippen molar-refractivity contribution in [3.05, 3.63) is 65.4 Å². The number of methoxy groups -OCH3 is 1. The second kappa shape index (κ2) is 8.04. The summed E-state index contributed by atoms with van der Waals surface area (Å²) in [6, 6.07) is 18.7. The summed E-state index contributed by atoms with van der Waals surface area (Å²) in [5, 5.41) is 19.3.